The van der Waals surface area contributed by atoms with Gasteiger partial charge < -0.3 is 5.32 Å². The molecule has 0 saturated carbocycles. The molecule has 1 aliphatic carbocycles. The van der Waals surface area contributed by atoms with Crippen molar-refractivity contribution < 1.29 is 13.2 Å². The average molecular weight is 263 g/mol. The fourth-order valence-electron chi connectivity index (χ4n) is 2.52. The van der Waals surface area contributed by atoms with Gasteiger partial charge in [-0.3, -0.25) is 0 Å². The van der Waals surface area contributed by atoms with E-state index in [0.29, 0.717) is 0 Å². The largest absolute Gasteiger partial charge is 0.379 e. The maximum absolute atomic E-state index is 13.6. The van der Waals surface area contributed by atoms with Crippen LogP contribution in [-0.4, -0.2) is 6.04 Å². The number of hydrogen-bond acceptors (Lipinski definition) is 1. The lowest BCUT2D eigenvalue weighted by atomic mass is 10.1. The van der Waals surface area contributed by atoms with E-state index in [-0.39, 0.29) is 11.7 Å². The van der Waals surface area contributed by atoms with Gasteiger partial charge in [-0.1, -0.05) is 24.3 Å². The van der Waals surface area contributed by atoms with Crippen LogP contribution < -0.4 is 5.32 Å². The van der Waals surface area contributed by atoms with Gasteiger partial charge >= 0.3 is 0 Å². The minimum Gasteiger partial charge on any atom is -0.379 e. The van der Waals surface area contributed by atoms with Crippen LogP contribution in [-0.2, 0) is 12.8 Å². The summed E-state index contributed by atoms with van der Waals surface area (Å²) in [5.41, 5.74) is 2.43. The number of benzene rings is 2. The van der Waals surface area contributed by atoms with Crippen molar-refractivity contribution in [1.82, 2.24) is 0 Å². The fourth-order valence-corrected chi connectivity index (χ4v) is 2.52. The van der Waals surface area contributed by atoms with Crippen molar-refractivity contribution in [3.8, 4) is 0 Å². The average Bonchev–Trinajstić information content (AvgIpc) is 2.82. The number of nitrogens with one attached hydrogen (secondary N) is 1. The van der Waals surface area contributed by atoms with E-state index >= 15 is 0 Å². The Morgan fingerprint density at radius 1 is 0.842 bits per heavy atom. The van der Waals surface area contributed by atoms with Gasteiger partial charge in [-0.25, -0.2) is 13.2 Å². The first-order valence-corrected chi connectivity index (χ1v) is 6.12. The van der Waals surface area contributed by atoms with Crippen molar-refractivity contribution in [2.24, 2.45) is 0 Å². The molecule has 0 aliphatic heterocycles. The van der Waals surface area contributed by atoms with E-state index in [1.54, 1.807) is 0 Å². The number of halogens is 3. The van der Waals surface area contributed by atoms with E-state index in [1.165, 1.54) is 17.2 Å². The molecule has 0 saturated heterocycles. The highest BCUT2D eigenvalue weighted by molar-refractivity contribution is 5.48. The SMILES string of the molecule is Fc1ccc(NC2Cc3ccccc3C2)c(F)c1F. The highest BCUT2D eigenvalue weighted by Crippen LogP contribution is 2.26. The summed E-state index contributed by atoms with van der Waals surface area (Å²) in [4.78, 5) is 0. The Labute approximate surface area is 109 Å². The molecule has 0 amide bonds. The van der Waals surface area contributed by atoms with Gasteiger partial charge in [0.25, 0.3) is 0 Å². The molecule has 2 aromatic carbocycles. The summed E-state index contributed by atoms with van der Waals surface area (Å²) in [7, 11) is 0. The van der Waals surface area contributed by atoms with Crippen molar-refractivity contribution >= 4 is 5.69 Å². The summed E-state index contributed by atoms with van der Waals surface area (Å²) in [6.45, 7) is 0. The van der Waals surface area contributed by atoms with Gasteiger partial charge in [-0.15, -0.1) is 0 Å². The van der Waals surface area contributed by atoms with Gasteiger partial charge in [0.1, 0.15) is 0 Å². The minimum atomic E-state index is -1.43. The predicted octanol–water partition coefficient (Wildman–Crippen LogP) is 3.68. The lowest BCUT2D eigenvalue weighted by molar-refractivity contribution is 0.448. The number of rotatable bonds is 2. The van der Waals surface area contributed by atoms with Gasteiger partial charge in [0.2, 0.25) is 0 Å². The molecule has 0 radical (unpaired) electrons. The Kier molecular flexibility index (Phi) is 2.93. The Hall–Kier alpha value is -1.97. The zero-order valence-corrected chi connectivity index (χ0v) is 10.1. The van der Waals surface area contributed by atoms with Crippen LogP contribution >= 0.6 is 0 Å². The standard InChI is InChI=1S/C15H12F3N/c16-12-5-6-13(15(18)14(12)17)19-11-7-9-3-1-2-4-10(9)8-11/h1-6,11,19H,7-8H2. The molecule has 1 nitrogen and oxygen atoms in total. The third-order valence-electron chi connectivity index (χ3n) is 3.45. The van der Waals surface area contributed by atoms with Crippen LogP contribution in [0.1, 0.15) is 11.1 Å². The predicted molar refractivity (Wildman–Crippen MR) is 67.6 cm³/mol. The topological polar surface area (TPSA) is 12.0 Å². The van der Waals surface area contributed by atoms with Crippen molar-refractivity contribution in [3.63, 3.8) is 0 Å². The second kappa shape index (κ2) is 4.61. The monoisotopic (exact) mass is 263 g/mol. The molecule has 0 unspecified atom stereocenters. The molecule has 0 spiro atoms. The highest BCUT2D eigenvalue weighted by Gasteiger charge is 2.22. The van der Waals surface area contributed by atoms with E-state index in [4.69, 9.17) is 0 Å². The van der Waals surface area contributed by atoms with Crippen molar-refractivity contribution in [1.29, 1.82) is 0 Å². The normalized spacial score (nSPS) is 14.5. The molecule has 0 atom stereocenters. The summed E-state index contributed by atoms with van der Waals surface area (Å²) in [6.07, 6.45) is 1.52. The molecule has 4 heteroatoms. The summed E-state index contributed by atoms with van der Waals surface area (Å²) in [5, 5.41) is 2.94. The molecule has 0 fully saturated rings. The summed E-state index contributed by atoms with van der Waals surface area (Å²) in [6, 6.07) is 10.1. The third kappa shape index (κ3) is 2.18. The molecule has 3 rings (SSSR count). The van der Waals surface area contributed by atoms with E-state index in [2.05, 4.69) is 5.32 Å². The lowest BCUT2D eigenvalue weighted by Crippen LogP contribution is -2.20. The molecule has 0 aromatic heterocycles. The smallest absolute Gasteiger partial charge is 0.196 e. The van der Waals surface area contributed by atoms with E-state index in [9.17, 15) is 13.2 Å². The summed E-state index contributed by atoms with van der Waals surface area (Å²) >= 11 is 0. The first-order valence-electron chi connectivity index (χ1n) is 6.12. The van der Waals surface area contributed by atoms with Crippen molar-refractivity contribution in [2.75, 3.05) is 5.32 Å². The lowest BCUT2D eigenvalue weighted by Gasteiger charge is -2.14. The maximum atomic E-state index is 13.6. The number of fused-ring (bicyclic) bond motifs is 1. The molecular formula is C15H12F3N. The molecule has 98 valence electrons. The van der Waals surface area contributed by atoms with Crippen LogP contribution in [0.3, 0.4) is 0 Å². The minimum absolute atomic E-state index is 0.0108. The van der Waals surface area contributed by atoms with Crippen LogP contribution in [0.15, 0.2) is 36.4 Å². The van der Waals surface area contributed by atoms with Gasteiger partial charge in [0.05, 0.1) is 5.69 Å². The van der Waals surface area contributed by atoms with Crippen LogP contribution in [0.25, 0.3) is 0 Å². The van der Waals surface area contributed by atoms with E-state index < -0.39 is 17.5 Å². The Bertz CT molecular complexity index is 600. The van der Waals surface area contributed by atoms with Gasteiger partial charge in [0, 0.05) is 6.04 Å². The molecule has 19 heavy (non-hydrogen) atoms. The second-order valence-corrected chi connectivity index (χ2v) is 4.74. The van der Waals surface area contributed by atoms with Crippen LogP contribution in [0.2, 0.25) is 0 Å². The van der Waals surface area contributed by atoms with Crippen LogP contribution in [0, 0.1) is 17.5 Å². The molecule has 1 N–H and O–H groups in total. The fraction of sp³-hybridized carbons (Fsp3) is 0.200. The van der Waals surface area contributed by atoms with Gasteiger partial charge in [-0.05, 0) is 36.1 Å². The highest BCUT2D eigenvalue weighted by atomic mass is 19.2. The zero-order chi connectivity index (χ0) is 13.4. The zero-order valence-electron chi connectivity index (χ0n) is 10.1. The first-order chi connectivity index (χ1) is 9.15. The maximum Gasteiger partial charge on any atom is 0.196 e. The van der Waals surface area contributed by atoms with E-state index in [0.717, 1.165) is 18.9 Å². The van der Waals surface area contributed by atoms with E-state index in [1.807, 2.05) is 24.3 Å². The Morgan fingerprint density at radius 2 is 1.47 bits per heavy atom. The van der Waals surface area contributed by atoms with Gasteiger partial charge in [0.15, 0.2) is 17.5 Å². The Balaban J connectivity index is 1.80. The number of anilines is 1. The third-order valence-corrected chi connectivity index (χ3v) is 3.45. The molecule has 1 aliphatic rings. The Morgan fingerprint density at radius 3 is 2.11 bits per heavy atom. The van der Waals surface area contributed by atoms with Crippen molar-refractivity contribution in [2.45, 2.75) is 18.9 Å². The van der Waals surface area contributed by atoms with Crippen LogP contribution in [0.5, 0.6) is 0 Å². The molecular weight excluding hydrogens is 251 g/mol. The second-order valence-electron chi connectivity index (χ2n) is 4.74. The molecule has 2 aromatic rings. The molecule has 0 heterocycles. The summed E-state index contributed by atoms with van der Waals surface area (Å²) in [5.74, 6) is -3.76. The first kappa shape index (κ1) is 12.1. The summed E-state index contributed by atoms with van der Waals surface area (Å²) < 4.78 is 39.6. The van der Waals surface area contributed by atoms with Gasteiger partial charge in [-0.2, -0.15) is 0 Å². The van der Waals surface area contributed by atoms with Crippen LogP contribution in [0.4, 0.5) is 18.9 Å². The number of hydrogen-bond donors (Lipinski definition) is 1. The van der Waals surface area contributed by atoms with Crippen molar-refractivity contribution in [3.05, 3.63) is 65.0 Å². The quantitative estimate of drug-likeness (QED) is 0.815. The molecule has 0 bridgehead atoms.